The molecule has 2 nitrogen and oxygen atoms in total. The van der Waals surface area contributed by atoms with Crippen LogP contribution in [0.4, 0.5) is 0 Å². The Morgan fingerprint density at radius 2 is 2.54 bits per heavy atom. The van der Waals surface area contributed by atoms with Crippen LogP contribution in [0.25, 0.3) is 0 Å². The van der Waals surface area contributed by atoms with E-state index in [9.17, 15) is 0 Å². The van der Waals surface area contributed by atoms with Crippen LogP contribution in [-0.2, 0) is 9.47 Å². The third-order valence-corrected chi connectivity index (χ3v) is 2.03. The van der Waals surface area contributed by atoms with Gasteiger partial charge < -0.3 is 9.47 Å². The van der Waals surface area contributed by atoms with E-state index in [0.29, 0.717) is 12.5 Å². The molecule has 13 heavy (non-hydrogen) atoms. The van der Waals surface area contributed by atoms with Gasteiger partial charge in [0, 0.05) is 13.0 Å². The van der Waals surface area contributed by atoms with Crippen LogP contribution < -0.4 is 0 Å². The molecule has 72 valence electrons. The number of hydrogen-bond donors (Lipinski definition) is 0. The van der Waals surface area contributed by atoms with Crippen molar-refractivity contribution in [1.82, 2.24) is 0 Å². The predicted octanol–water partition coefficient (Wildman–Crippen LogP) is 1.95. The molecule has 0 aliphatic carbocycles. The van der Waals surface area contributed by atoms with E-state index < -0.39 is 0 Å². The largest absolute Gasteiger partial charge is 0.381 e. The zero-order valence-electron chi connectivity index (χ0n) is 8.03. The Balaban J connectivity index is 2.52. The van der Waals surface area contributed by atoms with E-state index in [2.05, 4.69) is 18.7 Å². The average molecular weight is 180 g/mol. The van der Waals surface area contributed by atoms with Crippen molar-refractivity contribution < 1.29 is 9.47 Å². The second-order valence-corrected chi connectivity index (χ2v) is 2.98. The van der Waals surface area contributed by atoms with E-state index in [-0.39, 0.29) is 0 Å². The van der Waals surface area contributed by atoms with Crippen molar-refractivity contribution in [2.75, 3.05) is 26.9 Å². The molecule has 0 aromatic carbocycles. The van der Waals surface area contributed by atoms with Crippen LogP contribution in [0, 0.1) is 5.92 Å². The lowest BCUT2D eigenvalue weighted by atomic mass is 10.0. The molecule has 1 fully saturated rings. The highest BCUT2D eigenvalue weighted by Crippen LogP contribution is 2.20. The first kappa shape index (κ1) is 10.2. The number of methoxy groups -OCH3 is 1. The second kappa shape index (κ2) is 5.73. The van der Waals surface area contributed by atoms with E-state index in [1.165, 1.54) is 5.57 Å². The molecule has 0 bridgehead atoms. The molecular weight excluding hydrogens is 164 g/mol. The molecule has 1 atom stereocenters. The number of ether oxygens (including phenoxy) is 2. The summed E-state index contributed by atoms with van der Waals surface area (Å²) in [7, 11) is 1.70. The molecule has 0 radical (unpaired) electrons. The second-order valence-electron chi connectivity index (χ2n) is 2.98. The molecule has 1 aliphatic rings. The van der Waals surface area contributed by atoms with Crippen LogP contribution in [-0.4, -0.2) is 26.9 Å². The normalized spacial score (nSPS) is 25.9. The lowest BCUT2D eigenvalue weighted by molar-refractivity contribution is 0.195. The number of rotatable bonds is 4. The van der Waals surface area contributed by atoms with Crippen molar-refractivity contribution >= 4 is 0 Å². The lowest BCUT2D eigenvalue weighted by Crippen LogP contribution is -1.98. The lowest BCUT2D eigenvalue weighted by Gasteiger charge is -2.02. The van der Waals surface area contributed by atoms with Crippen molar-refractivity contribution in [2.45, 2.75) is 0 Å². The summed E-state index contributed by atoms with van der Waals surface area (Å²) in [5.41, 5.74) is 1.31. The SMILES string of the molecule is C=C/C=C/C1COC/C1=C/COC. The van der Waals surface area contributed by atoms with Crippen LogP contribution in [0.3, 0.4) is 0 Å². The molecule has 0 aromatic heterocycles. The van der Waals surface area contributed by atoms with Gasteiger partial charge in [-0.1, -0.05) is 30.9 Å². The molecule has 0 spiro atoms. The molecule has 0 saturated carbocycles. The van der Waals surface area contributed by atoms with E-state index >= 15 is 0 Å². The maximum atomic E-state index is 5.35. The molecule has 1 unspecified atom stereocenters. The Bertz CT molecular complexity index is 216. The van der Waals surface area contributed by atoms with Gasteiger partial charge in [0.2, 0.25) is 0 Å². The summed E-state index contributed by atoms with van der Waals surface area (Å²) in [5, 5.41) is 0. The topological polar surface area (TPSA) is 18.5 Å². The fourth-order valence-corrected chi connectivity index (χ4v) is 1.31. The zero-order chi connectivity index (χ0) is 9.52. The molecule has 1 aliphatic heterocycles. The Kier molecular flexibility index (Phi) is 4.50. The van der Waals surface area contributed by atoms with Gasteiger partial charge in [0.1, 0.15) is 0 Å². The quantitative estimate of drug-likeness (QED) is 0.486. The van der Waals surface area contributed by atoms with Gasteiger partial charge in [0.15, 0.2) is 0 Å². The fourth-order valence-electron chi connectivity index (χ4n) is 1.31. The van der Waals surface area contributed by atoms with Gasteiger partial charge >= 0.3 is 0 Å². The Labute approximate surface area is 79.5 Å². The van der Waals surface area contributed by atoms with Crippen molar-refractivity contribution in [3.05, 3.63) is 36.5 Å². The van der Waals surface area contributed by atoms with Gasteiger partial charge in [-0.2, -0.15) is 0 Å². The molecule has 0 N–H and O–H groups in total. The molecule has 1 rings (SSSR count). The third-order valence-electron chi connectivity index (χ3n) is 2.03. The summed E-state index contributed by atoms with van der Waals surface area (Å²) in [4.78, 5) is 0. The highest BCUT2D eigenvalue weighted by molar-refractivity contribution is 5.19. The Morgan fingerprint density at radius 1 is 1.69 bits per heavy atom. The summed E-state index contributed by atoms with van der Waals surface area (Å²) in [6.45, 7) is 5.81. The van der Waals surface area contributed by atoms with Gasteiger partial charge in [-0.3, -0.25) is 0 Å². The summed E-state index contributed by atoms with van der Waals surface area (Å²) < 4.78 is 10.3. The predicted molar refractivity (Wildman–Crippen MR) is 53.6 cm³/mol. The van der Waals surface area contributed by atoms with Crippen molar-refractivity contribution in [1.29, 1.82) is 0 Å². The molecule has 2 heteroatoms. The van der Waals surface area contributed by atoms with Gasteiger partial charge in [0.05, 0.1) is 19.8 Å². The van der Waals surface area contributed by atoms with E-state index in [4.69, 9.17) is 9.47 Å². The van der Waals surface area contributed by atoms with Gasteiger partial charge in [-0.15, -0.1) is 0 Å². The minimum absolute atomic E-state index is 0.410. The molecule has 0 amide bonds. The van der Waals surface area contributed by atoms with Gasteiger partial charge in [-0.05, 0) is 5.57 Å². The van der Waals surface area contributed by atoms with Crippen LogP contribution >= 0.6 is 0 Å². The van der Waals surface area contributed by atoms with E-state index in [0.717, 1.165) is 13.2 Å². The summed E-state index contributed by atoms with van der Waals surface area (Å²) in [6, 6.07) is 0. The summed E-state index contributed by atoms with van der Waals surface area (Å²) >= 11 is 0. The van der Waals surface area contributed by atoms with Crippen molar-refractivity contribution in [3.8, 4) is 0 Å². The third kappa shape index (κ3) is 3.17. The molecular formula is C11H16O2. The average Bonchev–Trinajstić information content (AvgIpc) is 2.59. The maximum absolute atomic E-state index is 5.35. The van der Waals surface area contributed by atoms with Crippen molar-refractivity contribution in [3.63, 3.8) is 0 Å². The Hall–Kier alpha value is -0.860. The Morgan fingerprint density at radius 3 is 3.23 bits per heavy atom. The minimum atomic E-state index is 0.410. The zero-order valence-corrected chi connectivity index (χ0v) is 8.03. The van der Waals surface area contributed by atoms with E-state index in [1.54, 1.807) is 13.2 Å². The smallest absolute Gasteiger partial charge is 0.0684 e. The van der Waals surface area contributed by atoms with E-state index in [1.807, 2.05) is 6.08 Å². The summed E-state index contributed by atoms with van der Waals surface area (Å²) in [6.07, 6.45) is 7.94. The van der Waals surface area contributed by atoms with Gasteiger partial charge in [0.25, 0.3) is 0 Å². The molecule has 1 heterocycles. The molecule has 0 aromatic rings. The summed E-state index contributed by atoms with van der Waals surface area (Å²) in [5.74, 6) is 0.410. The van der Waals surface area contributed by atoms with Crippen LogP contribution in [0.5, 0.6) is 0 Å². The molecule has 1 saturated heterocycles. The van der Waals surface area contributed by atoms with Crippen LogP contribution in [0.2, 0.25) is 0 Å². The first-order valence-corrected chi connectivity index (χ1v) is 4.43. The first-order chi connectivity index (χ1) is 6.38. The first-order valence-electron chi connectivity index (χ1n) is 4.43. The van der Waals surface area contributed by atoms with Crippen molar-refractivity contribution in [2.24, 2.45) is 5.92 Å². The monoisotopic (exact) mass is 180 g/mol. The number of allylic oxidation sites excluding steroid dienone is 2. The fraction of sp³-hybridized carbons (Fsp3) is 0.455. The van der Waals surface area contributed by atoms with Crippen LogP contribution in [0.15, 0.2) is 36.5 Å². The highest BCUT2D eigenvalue weighted by Gasteiger charge is 2.17. The standard InChI is InChI=1S/C11H16O2/c1-3-4-5-10-8-13-9-11(10)6-7-12-2/h3-6,10H,1,7-9H2,2H3/b5-4+,11-6-. The highest BCUT2D eigenvalue weighted by atomic mass is 16.5. The maximum Gasteiger partial charge on any atom is 0.0684 e. The van der Waals surface area contributed by atoms with Crippen LogP contribution in [0.1, 0.15) is 0 Å². The van der Waals surface area contributed by atoms with Gasteiger partial charge in [-0.25, -0.2) is 0 Å². The number of hydrogen-bond acceptors (Lipinski definition) is 2. The minimum Gasteiger partial charge on any atom is -0.381 e.